The average molecular weight is 293 g/mol. The lowest BCUT2D eigenvalue weighted by Crippen LogP contribution is -2.52. The summed E-state index contributed by atoms with van der Waals surface area (Å²) in [6, 6.07) is 0.498. The Bertz CT molecular complexity index is 363. The molecule has 18 heavy (non-hydrogen) atoms. The van der Waals surface area contributed by atoms with Crippen LogP contribution in [0.3, 0.4) is 0 Å². The van der Waals surface area contributed by atoms with E-state index in [1.54, 1.807) is 6.20 Å². The lowest BCUT2D eigenvalue weighted by molar-refractivity contribution is 0.0914. The number of carbonyl (C=O) groups excluding carboxylic acids is 1. The molecule has 1 amide bonds. The Morgan fingerprint density at radius 3 is 2.83 bits per heavy atom. The highest BCUT2D eigenvalue weighted by molar-refractivity contribution is 5.92. The fourth-order valence-corrected chi connectivity index (χ4v) is 1.90. The van der Waals surface area contributed by atoms with Crippen molar-refractivity contribution in [3.8, 4) is 0 Å². The summed E-state index contributed by atoms with van der Waals surface area (Å²) in [6.45, 7) is 3.11. The van der Waals surface area contributed by atoms with Crippen LogP contribution in [0.25, 0.3) is 0 Å². The standard InChI is InChI=1S/C11H16N4O.2ClH/c1-8-9(3-2-4-13-8)15-11(16)10-7-12-5-6-14-10;;/h5-9,13H,2-4H2,1H3,(H,15,16);2*1H. The molecule has 2 unspecified atom stereocenters. The molecule has 2 N–H and O–H groups in total. The van der Waals surface area contributed by atoms with Crippen LogP contribution < -0.4 is 10.6 Å². The van der Waals surface area contributed by atoms with Crippen LogP contribution in [0.2, 0.25) is 0 Å². The highest BCUT2D eigenvalue weighted by atomic mass is 35.5. The molecule has 0 aromatic carbocycles. The van der Waals surface area contributed by atoms with Gasteiger partial charge < -0.3 is 10.6 Å². The van der Waals surface area contributed by atoms with Gasteiger partial charge in [0.1, 0.15) is 5.69 Å². The third-order valence-electron chi connectivity index (χ3n) is 2.87. The minimum atomic E-state index is -0.145. The van der Waals surface area contributed by atoms with E-state index in [9.17, 15) is 4.79 Å². The quantitative estimate of drug-likeness (QED) is 0.859. The van der Waals surface area contributed by atoms with E-state index >= 15 is 0 Å². The SMILES string of the molecule is CC1NCCCC1NC(=O)c1cnccn1.Cl.Cl. The van der Waals surface area contributed by atoms with Crippen molar-refractivity contribution in [2.24, 2.45) is 0 Å². The van der Waals surface area contributed by atoms with Crippen molar-refractivity contribution in [3.05, 3.63) is 24.3 Å². The summed E-state index contributed by atoms with van der Waals surface area (Å²) in [4.78, 5) is 19.7. The molecule has 1 aliphatic rings. The summed E-state index contributed by atoms with van der Waals surface area (Å²) in [5.41, 5.74) is 0.375. The zero-order valence-electron chi connectivity index (χ0n) is 10.1. The molecular weight excluding hydrogens is 275 g/mol. The molecule has 5 nitrogen and oxygen atoms in total. The van der Waals surface area contributed by atoms with Gasteiger partial charge in [0, 0.05) is 24.5 Å². The normalized spacial score (nSPS) is 22.3. The van der Waals surface area contributed by atoms with Crippen LogP contribution in [-0.4, -0.2) is 34.5 Å². The van der Waals surface area contributed by atoms with Crippen molar-refractivity contribution < 1.29 is 4.79 Å². The van der Waals surface area contributed by atoms with Gasteiger partial charge in [-0.15, -0.1) is 24.8 Å². The molecule has 102 valence electrons. The number of piperidine rings is 1. The number of nitrogens with one attached hydrogen (secondary N) is 2. The Hall–Kier alpha value is -0.910. The molecule has 1 aliphatic heterocycles. The molecule has 0 saturated carbocycles. The first kappa shape index (κ1) is 17.1. The van der Waals surface area contributed by atoms with Gasteiger partial charge in [0.05, 0.1) is 6.20 Å². The first-order valence-corrected chi connectivity index (χ1v) is 5.57. The minimum Gasteiger partial charge on any atom is -0.346 e. The fraction of sp³-hybridized carbons (Fsp3) is 0.545. The third-order valence-corrected chi connectivity index (χ3v) is 2.87. The fourth-order valence-electron chi connectivity index (χ4n) is 1.90. The maximum atomic E-state index is 11.8. The molecule has 1 fully saturated rings. The van der Waals surface area contributed by atoms with E-state index in [4.69, 9.17) is 0 Å². The molecule has 2 rings (SSSR count). The Kier molecular flexibility index (Phi) is 7.82. The summed E-state index contributed by atoms with van der Waals surface area (Å²) < 4.78 is 0. The van der Waals surface area contributed by atoms with Gasteiger partial charge in [0.15, 0.2) is 0 Å². The van der Waals surface area contributed by atoms with Crippen molar-refractivity contribution >= 4 is 30.7 Å². The second-order valence-corrected chi connectivity index (χ2v) is 4.06. The van der Waals surface area contributed by atoms with Gasteiger partial charge in [-0.25, -0.2) is 4.98 Å². The van der Waals surface area contributed by atoms with Crippen molar-refractivity contribution in [2.75, 3.05) is 6.54 Å². The van der Waals surface area contributed by atoms with Crippen LogP contribution in [0, 0.1) is 0 Å². The van der Waals surface area contributed by atoms with Gasteiger partial charge in [-0.2, -0.15) is 0 Å². The highest BCUT2D eigenvalue weighted by Crippen LogP contribution is 2.08. The summed E-state index contributed by atoms with van der Waals surface area (Å²) in [5.74, 6) is -0.145. The Morgan fingerprint density at radius 2 is 2.22 bits per heavy atom. The number of nitrogens with zero attached hydrogens (tertiary/aromatic N) is 2. The zero-order valence-corrected chi connectivity index (χ0v) is 11.8. The van der Waals surface area contributed by atoms with E-state index in [0.717, 1.165) is 19.4 Å². The van der Waals surface area contributed by atoms with Crippen LogP contribution in [0.4, 0.5) is 0 Å². The van der Waals surface area contributed by atoms with Crippen LogP contribution in [0.15, 0.2) is 18.6 Å². The van der Waals surface area contributed by atoms with Gasteiger partial charge in [-0.3, -0.25) is 9.78 Å². The van der Waals surface area contributed by atoms with E-state index in [0.29, 0.717) is 11.7 Å². The molecule has 1 aromatic rings. The molecule has 0 aliphatic carbocycles. The second kappa shape index (κ2) is 8.24. The number of halogens is 2. The van der Waals surface area contributed by atoms with Crippen molar-refractivity contribution in [2.45, 2.75) is 31.8 Å². The predicted octanol–water partition coefficient (Wildman–Crippen LogP) is 1.19. The van der Waals surface area contributed by atoms with E-state index < -0.39 is 0 Å². The lowest BCUT2D eigenvalue weighted by Gasteiger charge is -2.30. The monoisotopic (exact) mass is 292 g/mol. The number of amides is 1. The maximum absolute atomic E-state index is 11.8. The molecular formula is C11H18Cl2N4O. The molecule has 2 heterocycles. The molecule has 7 heteroatoms. The van der Waals surface area contributed by atoms with Gasteiger partial charge in [-0.05, 0) is 26.3 Å². The van der Waals surface area contributed by atoms with Gasteiger partial charge in [-0.1, -0.05) is 0 Å². The van der Waals surface area contributed by atoms with Crippen LogP contribution in [-0.2, 0) is 0 Å². The third kappa shape index (κ3) is 4.40. The van der Waals surface area contributed by atoms with E-state index in [1.165, 1.54) is 12.4 Å². The van der Waals surface area contributed by atoms with Crippen LogP contribution in [0.1, 0.15) is 30.3 Å². The van der Waals surface area contributed by atoms with Crippen molar-refractivity contribution in [3.63, 3.8) is 0 Å². The van der Waals surface area contributed by atoms with Crippen molar-refractivity contribution in [1.82, 2.24) is 20.6 Å². The van der Waals surface area contributed by atoms with Gasteiger partial charge in [0.25, 0.3) is 5.91 Å². The van der Waals surface area contributed by atoms with Crippen LogP contribution in [0.5, 0.6) is 0 Å². The van der Waals surface area contributed by atoms with Crippen molar-refractivity contribution in [1.29, 1.82) is 0 Å². The van der Waals surface area contributed by atoms with E-state index in [-0.39, 0.29) is 36.8 Å². The first-order chi connectivity index (χ1) is 7.77. The molecule has 0 bridgehead atoms. The molecule has 1 saturated heterocycles. The zero-order chi connectivity index (χ0) is 11.4. The topological polar surface area (TPSA) is 66.9 Å². The van der Waals surface area contributed by atoms with Gasteiger partial charge in [0.2, 0.25) is 0 Å². The van der Waals surface area contributed by atoms with Crippen LogP contribution >= 0.6 is 24.8 Å². The minimum absolute atomic E-state index is 0. The maximum Gasteiger partial charge on any atom is 0.271 e. The smallest absolute Gasteiger partial charge is 0.271 e. The number of hydrogen-bond donors (Lipinski definition) is 2. The van der Waals surface area contributed by atoms with Gasteiger partial charge >= 0.3 is 0 Å². The second-order valence-electron chi connectivity index (χ2n) is 4.06. The Morgan fingerprint density at radius 1 is 1.44 bits per heavy atom. The Balaban J connectivity index is 0.00000144. The number of carbonyl (C=O) groups is 1. The lowest BCUT2D eigenvalue weighted by atomic mass is 10.00. The number of hydrogen-bond acceptors (Lipinski definition) is 4. The largest absolute Gasteiger partial charge is 0.346 e. The Labute approximate surface area is 119 Å². The summed E-state index contributed by atoms with van der Waals surface area (Å²) in [5, 5.41) is 6.32. The number of aromatic nitrogens is 2. The average Bonchev–Trinajstić information content (AvgIpc) is 2.33. The first-order valence-electron chi connectivity index (χ1n) is 5.57. The highest BCUT2D eigenvalue weighted by Gasteiger charge is 2.23. The molecule has 0 spiro atoms. The molecule has 1 aromatic heterocycles. The summed E-state index contributed by atoms with van der Waals surface area (Å²) >= 11 is 0. The predicted molar refractivity (Wildman–Crippen MR) is 74.5 cm³/mol. The van der Waals surface area contributed by atoms with E-state index in [1.807, 2.05) is 0 Å². The molecule has 2 atom stereocenters. The number of rotatable bonds is 2. The summed E-state index contributed by atoms with van der Waals surface area (Å²) in [6.07, 6.45) is 6.67. The van der Waals surface area contributed by atoms with E-state index in [2.05, 4.69) is 27.5 Å². The summed E-state index contributed by atoms with van der Waals surface area (Å²) in [7, 11) is 0. The molecule has 0 radical (unpaired) electrons.